The molecule has 0 aliphatic heterocycles. The number of hydrogen-bond acceptors (Lipinski definition) is 4. The number of rotatable bonds is 3. The van der Waals surface area contributed by atoms with Crippen molar-refractivity contribution >= 4 is 5.91 Å². The minimum atomic E-state index is -0.546. The van der Waals surface area contributed by atoms with Crippen LogP contribution in [0.4, 0.5) is 0 Å². The lowest BCUT2D eigenvalue weighted by Crippen LogP contribution is -2.37. The fraction of sp³-hybridized carbons (Fsp3) is 0.375. The number of aliphatic hydroxyl groups excluding tert-OH is 1. The number of hydrogen-bond donors (Lipinski definition) is 3. The van der Waals surface area contributed by atoms with Crippen LogP contribution in [-0.4, -0.2) is 33.9 Å². The third kappa shape index (κ3) is 2.40. The Morgan fingerprint density at radius 2 is 2.50 bits per heavy atom. The monoisotopic (exact) mass is 197 g/mol. The second-order valence-corrected chi connectivity index (χ2v) is 2.86. The Kier molecular flexibility index (Phi) is 3.35. The van der Waals surface area contributed by atoms with Crippen LogP contribution >= 0.6 is 0 Å². The van der Waals surface area contributed by atoms with Crippen LogP contribution in [0.1, 0.15) is 17.3 Å². The molecule has 1 heterocycles. The second-order valence-electron chi connectivity index (χ2n) is 2.86. The van der Waals surface area contributed by atoms with Gasteiger partial charge in [0.25, 0.3) is 11.5 Å². The molecule has 0 saturated heterocycles. The Morgan fingerprint density at radius 3 is 3.07 bits per heavy atom. The largest absolute Gasteiger partial charge is 0.394 e. The zero-order valence-corrected chi connectivity index (χ0v) is 7.65. The normalized spacial score (nSPS) is 12.1. The number of nitrogens with zero attached hydrogens (tertiary/aromatic N) is 1. The summed E-state index contributed by atoms with van der Waals surface area (Å²) >= 11 is 0. The number of carbonyl (C=O) groups excluding carboxylic acids is 1. The number of nitrogens with one attached hydrogen (secondary N) is 2. The maximum absolute atomic E-state index is 11.4. The number of H-pyrrole nitrogens is 1. The van der Waals surface area contributed by atoms with Crippen LogP contribution in [0.2, 0.25) is 0 Å². The first-order valence-electron chi connectivity index (χ1n) is 4.10. The van der Waals surface area contributed by atoms with Gasteiger partial charge in [0.15, 0.2) is 0 Å². The average Bonchev–Trinajstić information content (AvgIpc) is 2.18. The van der Waals surface area contributed by atoms with E-state index in [0.717, 1.165) is 0 Å². The summed E-state index contributed by atoms with van der Waals surface area (Å²) in [6.45, 7) is 1.46. The van der Waals surface area contributed by atoms with E-state index in [2.05, 4.69) is 15.5 Å². The van der Waals surface area contributed by atoms with Gasteiger partial charge in [-0.25, -0.2) is 5.10 Å². The first-order valence-corrected chi connectivity index (χ1v) is 4.10. The van der Waals surface area contributed by atoms with Gasteiger partial charge >= 0.3 is 0 Å². The fourth-order valence-corrected chi connectivity index (χ4v) is 0.870. The summed E-state index contributed by atoms with van der Waals surface area (Å²) in [6, 6.07) is 0.938. The molecule has 0 radical (unpaired) electrons. The highest BCUT2D eigenvalue weighted by Gasteiger charge is 2.11. The van der Waals surface area contributed by atoms with Crippen molar-refractivity contribution in [2.45, 2.75) is 13.0 Å². The molecule has 76 valence electrons. The Labute approximate surface area is 80.0 Å². The third-order valence-electron chi connectivity index (χ3n) is 1.62. The molecule has 1 rings (SSSR count). The van der Waals surface area contributed by atoms with E-state index in [1.54, 1.807) is 6.92 Å². The van der Waals surface area contributed by atoms with Crippen LogP contribution < -0.4 is 10.9 Å². The zero-order chi connectivity index (χ0) is 10.6. The molecule has 0 fully saturated rings. The summed E-state index contributed by atoms with van der Waals surface area (Å²) in [7, 11) is 0. The Hall–Kier alpha value is -1.69. The predicted molar refractivity (Wildman–Crippen MR) is 48.9 cm³/mol. The van der Waals surface area contributed by atoms with Crippen LogP contribution in [0, 0.1) is 0 Å². The summed E-state index contributed by atoms with van der Waals surface area (Å²) in [5.74, 6) is -0.518. The van der Waals surface area contributed by atoms with Gasteiger partial charge < -0.3 is 10.4 Å². The number of aliphatic hydroxyl groups is 1. The van der Waals surface area contributed by atoms with Gasteiger partial charge in [-0.2, -0.15) is 5.10 Å². The topological polar surface area (TPSA) is 95.1 Å². The molecule has 0 bridgehead atoms. The SMILES string of the molecule is C[C@@H](CO)NC(=O)c1ccn[nH]c1=O. The highest BCUT2D eigenvalue weighted by atomic mass is 16.3. The quantitative estimate of drug-likeness (QED) is 0.572. The van der Waals surface area contributed by atoms with Crippen molar-refractivity contribution in [2.24, 2.45) is 0 Å². The van der Waals surface area contributed by atoms with E-state index in [9.17, 15) is 9.59 Å². The van der Waals surface area contributed by atoms with Crippen molar-refractivity contribution in [3.05, 3.63) is 28.2 Å². The van der Waals surface area contributed by atoms with Crippen LogP contribution in [0.3, 0.4) is 0 Å². The van der Waals surface area contributed by atoms with Gasteiger partial charge in [-0.15, -0.1) is 0 Å². The van der Waals surface area contributed by atoms with E-state index >= 15 is 0 Å². The van der Waals surface area contributed by atoms with Crippen molar-refractivity contribution < 1.29 is 9.90 Å². The molecule has 0 aromatic carbocycles. The summed E-state index contributed by atoms with van der Waals surface area (Å²) in [5.41, 5.74) is -0.560. The molecule has 1 atom stereocenters. The van der Waals surface area contributed by atoms with E-state index in [4.69, 9.17) is 5.11 Å². The predicted octanol–water partition coefficient (Wildman–Crippen LogP) is -1.12. The first-order chi connectivity index (χ1) is 6.65. The smallest absolute Gasteiger partial charge is 0.277 e. The minimum Gasteiger partial charge on any atom is -0.394 e. The number of carbonyl (C=O) groups is 1. The van der Waals surface area contributed by atoms with Crippen LogP contribution in [0.15, 0.2) is 17.1 Å². The Morgan fingerprint density at radius 1 is 1.79 bits per heavy atom. The lowest BCUT2D eigenvalue weighted by atomic mass is 10.2. The maximum Gasteiger partial charge on any atom is 0.277 e. The fourth-order valence-electron chi connectivity index (χ4n) is 0.870. The molecule has 0 unspecified atom stereocenters. The molecule has 6 nitrogen and oxygen atoms in total. The van der Waals surface area contributed by atoms with Crippen molar-refractivity contribution in [1.82, 2.24) is 15.5 Å². The third-order valence-corrected chi connectivity index (χ3v) is 1.62. The Bertz CT molecular complexity index is 374. The Balaban J connectivity index is 2.80. The molecule has 0 aliphatic carbocycles. The van der Waals surface area contributed by atoms with Crippen molar-refractivity contribution in [3.8, 4) is 0 Å². The molecule has 1 amide bonds. The maximum atomic E-state index is 11.4. The van der Waals surface area contributed by atoms with Crippen molar-refractivity contribution in [2.75, 3.05) is 6.61 Å². The average molecular weight is 197 g/mol. The number of amides is 1. The lowest BCUT2D eigenvalue weighted by molar-refractivity contribution is 0.0920. The summed E-state index contributed by atoms with van der Waals surface area (Å²) in [6.07, 6.45) is 1.32. The molecular weight excluding hydrogens is 186 g/mol. The minimum absolute atomic E-state index is 0.0136. The summed E-state index contributed by atoms with van der Waals surface area (Å²) in [5, 5.41) is 16.7. The molecule has 3 N–H and O–H groups in total. The highest BCUT2D eigenvalue weighted by Crippen LogP contribution is 1.89. The van der Waals surface area contributed by atoms with Crippen LogP contribution in [0.25, 0.3) is 0 Å². The molecule has 1 aromatic heterocycles. The van der Waals surface area contributed by atoms with E-state index < -0.39 is 11.5 Å². The van der Waals surface area contributed by atoms with Crippen molar-refractivity contribution in [1.29, 1.82) is 0 Å². The van der Waals surface area contributed by atoms with Crippen LogP contribution in [0.5, 0.6) is 0 Å². The van der Waals surface area contributed by atoms with Gasteiger partial charge in [-0.3, -0.25) is 9.59 Å². The summed E-state index contributed by atoms with van der Waals surface area (Å²) in [4.78, 5) is 22.5. The van der Waals surface area contributed by atoms with E-state index in [1.807, 2.05) is 0 Å². The standard InChI is InChI=1S/C8H11N3O3/c1-5(4-12)10-7(13)6-2-3-9-11-8(6)14/h2-3,5,12H,4H2,1H3,(H,10,13)(H,11,14)/t5-/m0/s1. The van der Waals surface area contributed by atoms with Gasteiger partial charge in [0.05, 0.1) is 6.61 Å². The van der Waals surface area contributed by atoms with Gasteiger partial charge in [-0.05, 0) is 13.0 Å². The van der Waals surface area contributed by atoms with Gasteiger partial charge in [0, 0.05) is 12.2 Å². The van der Waals surface area contributed by atoms with Crippen molar-refractivity contribution in [3.63, 3.8) is 0 Å². The van der Waals surface area contributed by atoms with E-state index in [-0.39, 0.29) is 18.2 Å². The van der Waals surface area contributed by atoms with Gasteiger partial charge in [0.1, 0.15) is 5.56 Å². The molecule has 0 saturated carbocycles. The first kappa shape index (κ1) is 10.4. The number of aromatic amines is 1. The molecule has 14 heavy (non-hydrogen) atoms. The molecule has 6 heteroatoms. The van der Waals surface area contributed by atoms with E-state index in [1.165, 1.54) is 12.3 Å². The van der Waals surface area contributed by atoms with Gasteiger partial charge in [0.2, 0.25) is 0 Å². The molecule has 0 spiro atoms. The molecule has 1 aromatic rings. The molecular formula is C8H11N3O3. The number of aromatic nitrogens is 2. The van der Waals surface area contributed by atoms with E-state index in [0.29, 0.717) is 0 Å². The van der Waals surface area contributed by atoms with Crippen LogP contribution in [-0.2, 0) is 0 Å². The summed E-state index contributed by atoms with van der Waals surface area (Å²) < 4.78 is 0. The zero-order valence-electron chi connectivity index (χ0n) is 7.65. The second kappa shape index (κ2) is 4.52. The van der Waals surface area contributed by atoms with Gasteiger partial charge in [-0.1, -0.05) is 0 Å². The highest BCUT2D eigenvalue weighted by molar-refractivity contribution is 5.93. The molecule has 0 aliphatic rings. The lowest BCUT2D eigenvalue weighted by Gasteiger charge is -2.09.